The summed E-state index contributed by atoms with van der Waals surface area (Å²) in [6.45, 7) is 5.82. The van der Waals surface area contributed by atoms with Crippen molar-refractivity contribution in [2.75, 3.05) is 0 Å². The lowest BCUT2D eigenvalue weighted by atomic mass is 10.0. The molecule has 11 aromatic rings. The van der Waals surface area contributed by atoms with Gasteiger partial charge in [-0.25, -0.2) is 9.98 Å². The minimum absolute atomic E-state index is 0.123. The smallest absolute Gasteiger partial charge is 0.161 e. The van der Waals surface area contributed by atoms with E-state index in [2.05, 4.69) is 172 Å². The molecule has 280 valence electrons. The van der Waals surface area contributed by atoms with Crippen LogP contribution < -0.4 is 0 Å². The van der Waals surface area contributed by atoms with Crippen molar-refractivity contribution in [3.63, 3.8) is 0 Å². The summed E-state index contributed by atoms with van der Waals surface area (Å²) in [4.78, 5) is 8.78. The van der Waals surface area contributed by atoms with Gasteiger partial charge in [0.2, 0.25) is 0 Å². The molecule has 0 aliphatic rings. The normalized spacial score (nSPS) is 11.7. The average Bonchev–Trinajstić information content (AvgIpc) is 3.86. The van der Waals surface area contributed by atoms with Crippen LogP contribution in [0.3, 0.4) is 0 Å². The van der Waals surface area contributed by atoms with Crippen LogP contribution in [0.2, 0.25) is 0 Å². The van der Waals surface area contributed by atoms with Crippen molar-refractivity contribution in [1.29, 1.82) is 5.41 Å². The third-order valence-electron chi connectivity index (χ3n) is 11.2. The number of hydrogen-bond donors (Lipinski definition) is 1. The number of benzene rings is 8. The van der Waals surface area contributed by atoms with Crippen LogP contribution in [0.1, 0.15) is 16.7 Å². The van der Waals surface area contributed by atoms with Crippen molar-refractivity contribution in [2.24, 2.45) is 9.98 Å². The molecule has 0 aliphatic heterocycles. The van der Waals surface area contributed by atoms with Crippen molar-refractivity contribution in [3.8, 4) is 16.8 Å². The molecule has 0 bridgehead atoms. The van der Waals surface area contributed by atoms with Gasteiger partial charge >= 0.3 is 0 Å². The number of nitrogens with one attached hydrogen (secondary N) is 1. The second kappa shape index (κ2) is 14.9. The highest BCUT2D eigenvalue weighted by Gasteiger charge is 2.20. The summed E-state index contributed by atoms with van der Waals surface area (Å²) in [7, 11) is 0. The standard InChI is InChI=1S/C47H31N5.C7H8/c1-49-47(31-15-6-3-7-16-31)50-46(48)33-17-12-18-34(27-33)51-42-25-23-32(30-13-4-2-5-14-30)28-39(42)38-24-26-43-40(45(38)51)29-44-37-21-9-8-19-35(37)36-20-10-11-22-41(36)52(43)44;1-7-5-3-2-4-6-7/h2-29,48H,1H2;2-6H,1H3. The van der Waals surface area contributed by atoms with E-state index in [1.54, 1.807) is 0 Å². The van der Waals surface area contributed by atoms with Crippen LogP contribution in [-0.4, -0.2) is 27.4 Å². The van der Waals surface area contributed by atoms with E-state index in [9.17, 15) is 0 Å². The van der Waals surface area contributed by atoms with E-state index in [1.165, 1.54) is 54.7 Å². The number of rotatable bonds is 4. The molecule has 0 radical (unpaired) electrons. The summed E-state index contributed by atoms with van der Waals surface area (Å²) in [5.41, 5.74) is 11.9. The van der Waals surface area contributed by atoms with Gasteiger partial charge in [-0.1, -0.05) is 163 Å². The zero-order valence-electron chi connectivity index (χ0n) is 32.5. The van der Waals surface area contributed by atoms with Gasteiger partial charge in [0.15, 0.2) is 11.7 Å². The van der Waals surface area contributed by atoms with Gasteiger partial charge in [-0.2, -0.15) is 0 Å². The Kier molecular flexibility index (Phi) is 8.96. The largest absolute Gasteiger partial charge is 0.309 e. The summed E-state index contributed by atoms with van der Waals surface area (Å²) < 4.78 is 4.77. The molecule has 3 heterocycles. The van der Waals surface area contributed by atoms with Crippen LogP contribution in [-0.2, 0) is 0 Å². The monoisotopic (exact) mass is 757 g/mol. The molecule has 0 spiro atoms. The van der Waals surface area contributed by atoms with Gasteiger partial charge < -0.3 is 8.97 Å². The van der Waals surface area contributed by atoms with E-state index in [4.69, 9.17) is 5.41 Å². The maximum absolute atomic E-state index is 9.05. The van der Waals surface area contributed by atoms with E-state index in [-0.39, 0.29) is 5.84 Å². The predicted molar refractivity (Wildman–Crippen MR) is 250 cm³/mol. The fourth-order valence-corrected chi connectivity index (χ4v) is 8.44. The second-order valence-electron chi connectivity index (χ2n) is 14.8. The Morgan fingerprint density at radius 1 is 0.458 bits per heavy atom. The topological polar surface area (TPSA) is 57.9 Å². The first kappa shape index (κ1) is 35.5. The molecule has 3 aromatic heterocycles. The van der Waals surface area contributed by atoms with Crippen molar-refractivity contribution in [3.05, 3.63) is 217 Å². The number of amidine groups is 2. The number of para-hydroxylation sites is 1. The minimum Gasteiger partial charge on any atom is -0.309 e. The number of nitrogens with zero attached hydrogens (tertiary/aromatic N) is 4. The average molecular weight is 758 g/mol. The Hall–Kier alpha value is -7.89. The zero-order chi connectivity index (χ0) is 39.9. The summed E-state index contributed by atoms with van der Waals surface area (Å²) in [5.74, 6) is 0.542. The molecule has 0 amide bonds. The van der Waals surface area contributed by atoms with E-state index in [1.807, 2.05) is 60.7 Å². The molecule has 8 aromatic carbocycles. The van der Waals surface area contributed by atoms with Crippen LogP contribution in [0.25, 0.3) is 76.7 Å². The van der Waals surface area contributed by atoms with Crippen LogP contribution in [0.15, 0.2) is 210 Å². The van der Waals surface area contributed by atoms with Gasteiger partial charge in [0.25, 0.3) is 0 Å². The number of fused-ring (bicyclic) bond motifs is 12. The Morgan fingerprint density at radius 3 is 1.78 bits per heavy atom. The Morgan fingerprint density at radius 2 is 1.07 bits per heavy atom. The highest BCUT2D eigenvalue weighted by atomic mass is 15.0. The van der Waals surface area contributed by atoms with Gasteiger partial charge in [0.1, 0.15) is 0 Å². The molecule has 0 unspecified atom stereocenters. The third kappa shape index (κ3) is 6.26. The first-order valence-electron chi connectivity index (χ1n) is 19.8. The SMILES string of the molecule is C=NC(=NC(=N)c1cccc(-n2c3ccc(-c4ccccc4)cc3c3ccc4c(cc5c6ccccc6c6ccccc6n54)c32)c1)c1ccccc1.Cc1ccccc1. The molecule has 5 nitrogen and oxygen atoms in total. The van der Waals surface area contributed by atoms with Gasteiger partial charge in [0.05, 0.1) is 27.6 Å². The predicted octanol–water partition coefficient (Wildman–Crippen LogP) is 13.6. The first-order valence-corrected chi connectivity index (χ1v) is 19.8. The van der Waals surface area contributed by atoms with Crippen molar-refractivity contribution in [2.45, 2.75) is 6.92 Å². The Labute approximate surface area is 342 Å². The fourth-order valence-electron chi connectivity index (χ4n) is 8.44. The van der Waals surface area contributed by atoms with Gasteiger partial charge in [-0.3, -0.25) is 5.41 Å². The van der Waals surface area contributed by atoms with Crippen LogP contribution in [0.4, 0.5) is 0 Å². The molecule has 59 heavy (non-hydrogen) atoms. The lowest BCUT2D eigenvalue weighted by molar-refractivity contribution is 1.18. The van der Waals surface area contributed by atoms with Crippen LogP contribution in [0, 0.1) is 12.3 Å². The molecular weight excluding hydrogens is 719 g/mol. The summed E-state index contributed by atoms with van der Waals surface area (Å²) >= 11 is 0. The van der Waals surface area contributed by atoms with Crippen LogP contribution in [0.5, 0.6) is 0 Å². The Bertz CT molecular complexity index is 3410. The van der Waals surface area contributed by atoms with Crippen molar-refractivity contribution < 1.29 is 0 Å². The Balaban J connectivity index is 0.000000547. The molecule has 0 aliphatic carbocycles. The number of aliphatic imine (C=N–C) groups is 2. The number of hydrogen-bond acceptors (Lipinski definition) is 1. The molecule has 1 N–H and O–H groups in total. The van der Waals surface area contributed by atoms with E-state index in [0.29, 0.717) is 11.4 Å². The number of aryl methyl sites for hydroxylation is 1. The fraction of sp³-hybridized carbons (Fsp3) is 0.0185. The molecule has 0 atom stereocenters. The molecule has 0 saturated carbocycles. The number of aromatic nitrogens is 2. The van der Waals surface area contributed by atoms with E-state index in [0.717, 1.165) is 33.2 Å². The molecule has 0 fully saturated rings. The summed E-state index contributed by atoms with van der Waals surface area (Å²) in [5, 5.41) is 16.3. The zero-order valence-corrected chi connectivity index (χ0v) is 32.5. The van der Waals surface area contributed by atoms with Gasteiger partial charge in [0, 0.05) is 43.7 Å². The maximum Gasteiger partial charge on any atom is 0.161 e. The van der Waals surface area contributed by atoms with Crippen LogP contribution >= 0.6 is 0 Å². The molecule has 5 heteroatoms. The second-order valence-corrected chi connectivity index (χ2v) is 14.8. The van der Waals surface area contributed by atoms with Crippen molar-refractivity contribution in [1.82, 2.24) is 8.97 Å². The van der Waals surface area contributed by atoms with Gasteiger partial charge in [-0.15, -0.1) is 0 Å². The van der Waals surface area contributed by atoms with Crippen molar-refractivity contribution >= 4 is 78.3 Å². The summed E-state index contributed by atoms with van der Waals surface area (Å²) in [6, 6.07) is 69.6. The quantitative estimate of drug-likeness (QED) is 0.106. The molecule has 0 saturated heterocycles. The highest BCUT2D eigenvalue weighted by molar-refractivity contribution is 6.23. The maximum atomic E-state index is 9.05. The first-order chi connectivity index (χ1) is 29.1. The minimum atomic E-state index is 0.123. The van der Waals surface area contributed by atoms with E-state index >= 15 is 0 Å². The third-order valence-corrected chi connectivity index (χ3v) is 11.2. The van der Waals surface area contributed by atoms with E-state index < -0.39 is 0 Å². The lowest BCUT2D eigenvalue weighted by Crippen LogP contribution is -2.04. The molecular formula is C54H39N5. The molecule has 11 rings (SSSR count). The number of pyridine rings is 1. The lowest BCUT2D eigenvalue weighted by Gasteiger charge is -2.11. The van der Waals surface area contributed by atoms with Gasteiger partial charge in [-0.05, 0) is 72.6 Å². The summed E-state index contributed by atoms with van der Waals surface area (Å²) in [6.07, 6.45) is 0. The highest BCUT2D eigenvalue weighted by Crippen LogP contribution is 2.42.